The van der Waals surface area contributed by atoms with Crippen molar-refractivity contribution < 1.29 is 35.9 Å². The van der Waals surface area contributed by atoms with E-state index in [4.69, 9.17) is 4.74 Å². The van der Waals surface area contributed by atoms with Crippen molar-refractivity contribution >= 4 is 11.6 Å². The number of carbonyl (C=O) groups excluding carboxylic acids is 1. The van der Waals surface area contributed by atoms with Gasteiger partial charge < -0.3 is 10.1 Å². The van der Waals surface area contributed by atoms with Gasteiger partial charge in [0, 0.05) is 24.5 Å². The Labute approximate surface area is 136 Å². The Kier molecular flexibility index (Phi) is 3.10. The summed E-state index contributed by atoms with van der Waals surface area (Å²) in [5.41, 5.74) is -3.51. The van der Waals surface area contributed by atoms with Gasteiger partial charge in [0.2, 0.25) is 5.82 Å². The lowest BCUT2D eigenvalue weighted by Gasteiger charge is -2.26. The van der Waals surface area contributed by atoms with Crippen LogP contribution in [0.15, 0.2) is 12.1 Å². The molecule has 1 aliphatic heterocycles. The summed E-state index contributed by atoms with van der Waals surface area (Å²) in [4.78, 5) is 11.9. The highest BCUT2D eigenvalue weighted by molar-refractivity contribution is 6.03. The Morgan fingerprint density at radius 2 is 1.44 bits per heavy atom. The van der Waals surface area contributed by atoms with E-state index in [-0.39, 0.29) is 11.4 Å². The molecule has 1 aliphatic carbocycles. The summed E-state index contributed by atoms with van der Waals surface area (Å²) in [6, 6.07) is 1.51. The van der Waals surface area contributed by atoms with Crippen LogP contribution in [-0.2, 0) is 4.79 Å². The second kappa shape index (κ2) is 4.90. The van der Waals surface area contributed by atoms with Crippen LogP contribution in [0.1, 0.15) is 12.8 Å². The molecule has 130 valence electrons. The normalized spacial score (nSPS) is 17.1. The average Bonchev–Trinajstić information content (AvgIpc) is 3.34. The number of rotatable bonds is 1. The fourth-order valence-electron chi connectivity index (χ4n) is 2.71. The van der Waals surface area contributed by atoms with Crippen LogP contribution in [0.25, 0.3) is 11.1 Å². The first-order valence-corrected chi connectivity index (χ1v) is 7.11. The van der Waals surface area contributed by atoms with Gasteiger partial charge in [0.15, 0.2) is 28.9 Å². The molecule has 2 aromatic carbocycles. The molecular weight excluding hydrogens is 352 g/mol. The Balaban J connectivity index is 1.91. The standard InChI is InChI=1S/C16H7F6NO2/c17-6-4-8-7(23-15(24)16(25-8)1-2-16)3-5(6)9-10(18)12(20)14(22)13(21)11(9)19/h3-4H,1-2H2,(H,23,24). The molecule has 2 aromatic rings. The third kappa shape index (κ3) is 2.11. The van der Waals surface area contributed by atoms with E-state index in [1.54, 1.807) is 0 Å². The molecular formula is C16H7F6NO2. The Bertz CT molecular complexity index is 925. The number of fused-ring (bicyclic) bond motifs is 1. The third-order valence-corrected chi connectivity index (χ3v) is 4.22. The van der Waals surface area contributed by atoms with Crippen LogP contribution < -0.4 is 10.1 Å². The predicted octanol–water partition coefficient (Wildman–Crippen LogP) is 4.05. The molecule has 1 fully saturated rings. The largest absolute Gasteiger partial charge is 0.475 e. The minimum absolute atomic E-state index is 0.0813. The van der Waals surface area contributed by atoms with Crippen LogP contribution >= 0.6 is 0 Å². The maximum absolute atomic E-state index is 14.3. The molecule has 0 atom stereocenters. The van der Waals surface area contributed by atoms with Gasteiger partial charge in [-0.15, -0.1) is 0 Å². The number of amides is 1. The van der Waals surface area contributed by atoms with Gasteiger partial charge in [-0.1, -0.05) is 0 Å². The predicted molar refractivity (Wildman–Crippen MR) is 72.8 cm³/mol. The molecule has 1 heterocycles. The molecule has 0 aromatic heterocycles. The van der Waals surface area contributed by atoms with Gasteiger partial charge in [-0.2, -0.15) is 0 Å². The molecule has 2 aliphatic rings. The zero-order valence-corrected chi connectivity index (χ0v) is 12.2. The molecule has 0 unspecified atom stereocenters. The molecule has 0 saturated heterocycles. The molecule has 1 spiro atoms. The highest BCUT2D eigenvalue weighted by Gasteiger charge is 2.55. The molecule has 1 saturated carbocycles. The van der Waals surface area contributed by atoms with Gasteiger partial charge in [-0.05, 0) is 6.07 Å². The summed E-state index contributed by atoms with van der Waals surface area (Å²) in [7, 11) is 0. The van der Waals surface area contributed by atoms with Gasteiger partial charge in [-0.3, -0.25) is 4.79 Å². The van der Waals surface area contributed by atoms with Crippen molar-refractivity contribution in [3.63, 3.8) is 0 Å². The quantitative estimate of drug-likeness (QED) is 0.474. The van der Waals surface area contributed by atoms with Crippen molar-refractivity contribution in [1.29, 1.82) is 0 Å². The maximum atomic E-state index is 14.3. The topological polar surface area (TPSA) is 38.3 Å². The van der Waals surface area contributed by atoms with Crippen LogP contribution in [-0.4, -0.2) is 11.5 Å². The Morgan fingerprint density at radius 1 is 0.880 bits per heavy atom. The molecule has 1 amide bonds. The summed E-state index contributed by atoms with van der Waals surface area (Å²) < 4.78 is 87.3. The van der Waals surface area contributed by atoms with E-state index in [1.165, 1.54) is 0 Å². The summed E-state index contributed by atoms with van der Waals surface area (Å²) in [5.74, 6) is -12.9. The van der Waals surface area contributed by atoms with Gasteiger partial charge >= 0.3 is 0 Å². The van der Waals surface area contributed by atoms with Crippen LogP contribution in [0, 0.1) is 34.9 Å². The van der Waals surface area contributed by atoms with Crippen LogP contribution in [0.3, 0.4) is 0 Å². The molecule has 3 nitrogen and oxygen atoms in total. The van der Waals surface area contributed by atoms with Crippen molar-refractivity contribution in [3.8, 4) is 16.9 Å². The SMILES string of the molecule is O=C1Nc2cc(-c3c(F)c(F)c(F)c(F)c3F)c(F)cc2OC12CC2. The molecule has 9 heteroatoms. The van der Waals surface area contributed by atoms with E-state index in [0.29, 0.717) is 12.8 Å². The average molecular weight is 359 g/mol. The summed E-state index contributed by atoms with van der Waals surface area (Å²) in [5, 5.41) is 2.39. The van der Waals surface area contributed by atoms with Gasteiger partial charge in [0.25, 0.3) is 5.91 Å². The van der Waals surface area contributed by atoms with E-state index < -0.39 is 57.5 Å². The molecule has 1 N–H and O–H groups in total. The lowest BCUT2D eigenvalue weighted by atomic mass is 10.0. The molecule has 0 bridgehead atoms. The highest BCUT2D eigenvalue weighted by Crippen LogP contribution is 2.48. The summed E-state index contributed by atoms with van der Waals surface area (Å²) in [6.45, 7) is 0. The van der Waals surface area contributed by atoms with Crippen molar-refractivity contribution in [2.75, 3.05) is 5.32 Å². The lowest BCUT2D eigenvalue weighted by molar-refractivity contribution is -0.125. The second-order valence-electron chi connectivity index (χ2n) is 5.82. The molecule has 4 rings (SSSR count). The minimum atomic E-state index is -2.34. The first-order chi connectivity index (χ1) is 11.7. The zero-order valence-electron chi connectivity index (χ0n) is 12.2. The van der Waals surface area contributed by atoms with Crippen LogP contribution in [0.2, 0.25) is 0 Å². The Morgan fingerprint density at radius 3 is 2.00 bits per heavy atom. The van der Waals surface area contributed by atoms with Crippen molar-refractivity contribution in [1.82, 2.24) is 0 Å². The number of halogens is 6. The third-order valence-electron chi connectivity index (χ3n) is 4.22. The van der Waals surface area contributed by atoms with Gasteiger partial charge in [0.1, 0.15) is 11.6 Å². The lowest BCUT2D eigenvalue weighted by Crippen LogP contribution is -2.39. The van der Waals surface area contributed by atoms with Crippen LogP contribution in [0.4, 0.5) is 32.0 Å². The number of nitrogens with one attached hydrogen (secondary N) is 1. The van der Waals surface area contributed by atoms with E-state index >= 15 is 0 Å². The first kappa shape index (κ1) is 15.8. The zero-order chi connectivity index (χ0) is 18.1. The smallest absolute Gasteiger partial charge is 0.268 e. The minimum Gasteiger partial charge on any atom is -0.475 e. The second-order valence-corrected chi connectivity index (χ2v) is 5.82. The fourth-order valence-corrected chi connectivity index (χ4v) is 2.71. The summed E-state index contributed by atoms with van der Waals surface area (Å²) in [6.07, 6.45) is 0.860. The first-order valence-electron chi connectivity index (χ1n) is 7.11. The number of ether oxygens (including phenoxy) is 1. The van der Waals surface area contributed by atoms with E-state index in [1.807, 2.05) is 0 Å². The Hall–Kier alpha value is -2.71. The van der Waals surface area contributed by atoms with Crippen LogP contribution in [0.5, 0.6) is 5.75 Å². The van der Waals surface area contributed by atoms with Crippen molar-refractivity contribution in [2.24, 2.45) is 0 Å². The summed E-state index contributed by atoms with van der Waals surface area (Å²) >= 11 is 0. The molecule has 25 heavy (non-hydrogen) atoms. The fraction of sp³-hybridized carbons (Fsp3) is 0.188. The van der Waals surface area contributed by atoms with E-state index in [2.05, 4.69) is 5.32 Å². The monoisotopic (exact) mass is 359 g/mol. The number of anilines is 1. The van der Waals surface area contributed by atoms with Crippen molar-refractivity contribution in [3.05, 3.63) is 47.0 Å². The maximum Gasteiger partial charge on any atom is 0.268 e. The van der Waals surface area contributed by atoms with Gasteiger partial charge in [0.05, 0.1) is 11.3 Å². The number of hydrogen-bond acceptors (Lipinski definition) is 2. The number of benzene rings is 2. The number of carbonyl (C=O) groups is 1. The van der Waals surface area contributed by atoms with Crippen molar-refractivity contribution in [2.45, 2.75) is 18.4 Å². The van der Waals surface area contributed by atoms with E-state index in [0.717, 1.165) is 12.1 Å². The van der Waals surface area contributed by atoms with E-state index in [9.17, 15) is 31.1 Å². The van der Waals surface area contributed by atoms with Gasteiger partial charge in [-0.25, -0.2) is 26.3 Å². The highest BCUT2D eigenvalue weighted by atomic mass is 19.2. The number of hydrogen-bond donors (Lipinski definition) is 1. The molecule has 0 radical (unpaired) electrons.